The van der Waals surface area contributed by atoms with E-state index in [0.717, 1.165) is 12.8 Å². The molecule has 1 aliphatic heterocycles. The molecule has 1 unspecified atom stereocenters. The maximum absolute atomic E-state index is 12.5. The third-order valence-electron chi connectivity index (χ3n) is 3.13. The summed E-state index contributed by atoms with van der Waals surface area (Å²) in [6, 6.07) is 1.31. The highest BCUT2D eigenvalue weighted by Crippen LogP contribution is 2.28. The minimum Gasteiger partial charge on any atom is -0.300 e. The fraction of sp³-hybridized carbons (Fsp3) is 0.500. The molecule has 1 aliphatic rings. The second kappa shape index (κ2) is 5.68. The minimum absolute atomic E-state index is 0.0134. The molecule has 1 atom stereocenters. The molecule has 0 aromatic carbocycles. The van der Waals surface area contributed by atoms with Gasteiger partial charge in [0.2, 0.25) is 10.0 Å². The molecule has 0 spiro atoms. The second-order valence-corrected chi connectivity index (χ2v) is 7.46. The van der Waals surface area contributed by atoms with Gasteiger partial charge < -0.3 is 0 Å². The predicted octanol–water partition coefficient (Wildman–Crippen LogP) is 1.98. The Hall–Kier alpha value is -0.790. The van der Waals surface area contributed by atoms with E-state index in [-0.39, 0.29) is 23.1 Å². The lowest BCUT2D eigenvalue weighted by atomic mass is 10.1. The Morgan fingerprint density at radius 2 is 2.26 bits per heavy atom. The first kappa shape index (κ1) is 14.6. The van der Waals surface area contributed by atoms with Crippen molar-refractivity contribution in [2.45, 2.75) is 37.1 Å². The van der Waals surface area contributed by atoms with Crippen LogP contribution >= 0.6 is 15.9 Å². The van der Waals surface area contributed by atoms with Crippen molar-refractivity contribution in [3.8, 4) is 0 Å². The van der Waals surface area contributed by atoms with E-state index in [9.17, 15) is 13.2 Å². The molecule has 104 valence electrons. The summed E-state index contributed by atoms with van der Waals surface area (Å²) in [5.41, 5.74) is 0. The van der Waals surface area contributed by atoms with E-state index in [2.05, 4.69) is 20.9 Å². The standard InChI is InChI=1S/C12H15BrN2O3S/c1-9(16)5-11-3-2-4-15(11)19(17,18)12-6-10(13)7-14-8-12/h6-8,11H,2-5H2,1H3. The van der Waals surface area contributed by atoms with Crippen LogP contribution in [0.3, 0.4) is 0 Å². The lowest BCUT2D eigenvalue weighted by molar-refractivity contribution is -0.117. The van der Waals surface area contributed by atoms with Crippen LogP contribution in [0.5, 0.6) is 0 Å². The maximum Gasteiger partial charge on any atom is 0.244 e. The molecule has 0 aliphatic carbocycles. The van der Waals surface area contributed by atoms with Crippen molar-refractivity contribution in [1.29, 1.82) is 0 Å². The Balaban J connectivity index is 2.31. The predicted molar refractivity (Wildman–Crippen MR) is 74.1 cm³/mol. The highest BCUT2D eigenvalue weighted by atomic mass is 79.9. The van der Waals surface area contributed by atoms with Crippen molar-refractivity contribution in [3.05, 3.63) is 22.9 Å². The fourth-order valence-corrected chi connectivity index (χ4v) is 4.53. The summed E-state index contributed by atoms with van der Waals surface area (Å²) in [4.78, 5) is 15.3. The summed E-state index contributed by atoms with van der Waals surface area (Å²) in [5.74, 6) is 0.0134. The van der Waals surface area contributed by atoms with Gasteiger partial charge in [-0.15, -0.1) is 0 Å². The van der Waals surface area contributed by atoms with Gasteiger partial charge in [-0.2, -0.15) is 4.31 Å². The molecule has 1 aromatic heterocycles. The normalized spacial score (nSPS) is 20.6. The summed E-state index contributed by atoms with van der Waals surface area (Å²) >= 11 is 3.22. The lowest BCUT2D eigenvalue weighted by Crippen LogP contribution is -2.36. The molecule has 1 saturated heterocycles. The topological polar surface area (TPSA) is 67.3 Å². The van der Waals surface area contributed by atoms with Crippen LogP contribution < -0.4 is 0 Å². The zero-order valence-electron chi connectivity index (χ0n) is 10.5. The van der Waals surface area contributed by atoms with E-state index in [1.165, 1.54) is 29.7 Å². The molecule has 0 amide bonds. The molecular weight excluding hydrogens is 332 g/mol. The van der Waals surface area contributed by atoms with Crippen LogP contribution in [0.2, 0.25) is 0 Å². The molecule has 0 radical (unpaired) electrons. The number of nitrogens with zero attached hydrogens (tertiary/aromatic N) is 2. The van der Waals surface area contributed by atoms with Gasteiger partial charge in [0.15, 0.2) is 0 Å². The summed E-state index contributed by atoms with van der Waals surface area (Å²) in [7, 11) is -3.57. The van der Waals surface area contributed by atoms with Gasteiger partial charge in [-0.25, -0.2) is 8.42 Å². The molecule has 2 heterocycles. The molecule has 2 rings (SSSR count). The molecule has 19 heavy (non-hydrogen) atoms. The summed E-state index contributed by atoms with van der Waals surface area (Å²) in [6.07, 6.45) is 4.68. The van der Waals surface area contributed by atoms with Crippen molar-refractivity contribution >= 4 is 31.7 Å². The number of carbonyl (C=O) groups excluding carboxylic acids is 1. The monoisotopic (exact) mass is 346 g/mol. The van der Waals surface area contributed by atoms with Gasteiger partial charge in [0, 0.05) is 35.9 Å². The number of ketones is 1. The Morgan fingerprint density at radius 1 is 1.53 bits per heavy atom. The van der Waals surface area contributed by atoms with Crippen LogP contribution in [0.1, 0.15) is 26.2 Å². The van der Waals surface area contributed by atoms with Gasteiger partial charge in [0.1, 0.15) is 10.7 Å². The highest BCUT2D eigenvalue weighted by molar-refractivity contribution is 9.10. The molecule has 0 saturated carbocycles. The Kier molecular flexibility index (Phi) is 4.37. The van der Waals surface area contributed by atoms with Crippen LogP contribution in [-0.2, 0) is 14.8 Å². The molecule has 7 heteroatoms. The first-order valence-corrected chi connectivity index (χ1v) is 8.26. The number of hydrogen-bond donors (Lipinski definition) is 0. The number of Topliss-reactive ketones (excluding diaryl/α,β-unsaturated/α-hetero) is 1. The zero-order chi connectivity index (χ0) is 14.0. The van der Waals surface area contributed by atoms with Gasteiger partial charge in [0.25, 0.3) is 0 Å². The van der Waals surface area contributed by atoms with Crippen LogP contribution in [-0.4, -0.2) is 36.1 Å². The maximum atomic E-state index is 12.5. The molecule has 5 nitrogen and oxygen atoms in total. The number of hydrogen-bond acceptors (Lipinski definition) is 4. The third kappa shape index (κ3) is 3.21. The van der Waals surface area contributed by atoms with Gasteiger partial charge in [-0.3, -0.25) is 9.78 Å². The largest absolute Gasteiger partial charge is 0.300 e. The van der Waals surface area contributed by atoms with Crippen molar-refractivity contribution in [3.63, 3.8) is 0 Å². The van der Waals surface area contributed by atoms with Gasteiger partial charge >= 0.3 is 0 Å². The summed E-state index contributed by atoms with van der Waals surface area (Å²) in [6.45, 7) is 1.95. The number of aromatic nitrogens is 1. The van der Waals surface area contributed by atoms with Crippen molar-refractivity contribution in [2.24, 2.45) is 0 Å². The number of carbonyl (C=O) groups is 1. The van der Waals surface area contributed by atoms with Gasteiger partial charge in [-0.1, -0.05) is 0 Å². The van der Waals surface area contributed by atoms with Crippen LogP contribution in [0.4, 0.5) is 0 Å². The molecule has 0 N–H and O–H groups in total. The average molecular weight is 347 g/mol. The SMILES string of the molecule is CC(=O)CC1CCCN1S(=O)(=O)c1cncc(Br)c1. The van der Waals surface area contributed by atoms with E-state index in [1.807, 2.05) is 0 Å². The minimum atomic E-state index is -3.57. The highest BCUT2D eigenvalue weighted by Gasteiger charge is 2.35. The average Bonchev–Trinajstić information content (AvgIpc) is 2.77. The molecule has 0 bridgehead atoms. The first-order chi connectivity index (χ1) is 8.91. The quantitative estimate of drug-likeness (QED) is 0.835. The molecule has 1 aromatic rings. The number of sulfonamides is 1. The molecular formula is C12H15BrN2O3S. The van der Waals surface area contributed by atoms with E-state index in [1.54, 1.807) is 0 Å². The zero-order valence-corrected chi connectivity index (χ0v) is 12.9. The Labute approximate surface area is 121 Å². The van der Waals surface area contributed by atoms with E-state index in [0.29, 0.717) is 11.0 Å². The van der Waals surface area contributed by atoms with Gasteiger partial charge in [0.05, 0.1) is 0 Å². The third-order valence-corrected chi connectivity index (χ3v) is 5.48. The Morgan fingerprint density at radius 3 is 2.89 bits per heavy atom. The van der Waals surface area contributed by atoms with E-state index in [4.69, 9.17) is 0 Å². The van der Waals surface area contributed by atoms with Crippen LogP contribution in [0.15, 0.2) is 27.8 Å². The number of rotatable bonds is 4. The summed E-state index contributed by atoms with van der Waals surface area (Å²) in [5, 5.41) is 0. The van der Waals surface area contributed by atoms with Crippen molar-refractivity contribution in [2.75, 3.05) is 6.54 Å². The second-order valence-electron chi connectivity index (χ2n) is 4.66. The first-order valence-electron chi connectivity index (χ1n) is 6.03. The van der Waals surface area contributed by atoms with Gasteiger partial charge in [-0.05, 0) is 41.8 Å². The van der Waals surface area contributed by atoms with Crippen molar-refractivity contribution < 1.29 is 13.2 Å². The number of pyridine rings is 1. The summed E-state index contributed by atoms with van der Waals surface area (Å²) < 4.78 is 27.1. The lowest BCUT2D eigenvalue weighted by Gasteiger charge is -2.23. The van der Waals surface area contributed by atoms with E-state index >= 15 is 0 Å². The van der Waals surface area contributed by atoms with Crippen LogP contribution in [0.25, 0.3) is 0 Å². The Bertz CT molecular complexity index is 588. The molecule has 1 fully saturated rings. The smallest absolute Gasteiger partial charge is 0.244 e. The van der Waals surface area contributed by atoms with E-state index < -0.39 is 10.0 Å². The fourth-order valence-electron chi connectivity index (χ4n) is 2.33. The van der Waals surface area contributed by atoms with Crippen molar-refractivity contribution in [1.82, 2.24) is 9.29 Å². The van der Waals surface area contributed by atoms with Crippen LogP contribution in [0, 0.1) is 0 Å². The number of halogens is 1.